The standard InChI is InChI=1S/C18H18ClN3O3/c19-9-14(23)10-20-13-4-1-11(2-5-13)7-17-21-15-6-3-12(18(24)25)8-16(15)22-17/h1-6,8,14,20,23H,7,9-10H2,(H,21,22)(H,24,25). The van der Waals surface area contributed by atoms with E-state index in [-0.39, 0.29) is 11.4 Å². The molecule has 4 N–H and O–H groups in total. The maximum Gasteiger partial charge on any atom is 0.335 e. The number of aliphatic hydroxyl groups excluding tert-OH is 1. The summed E-state index contributed by atoms with van der Waals surface area (Å²) >= 11 is 5.56. The number of H-pyrrole nitrogens is 1. The molecule has 2 aromatic carbocycles. The molecule has 0 radical (unpaired) electrons. The van der Waals surface area contributed by atoms with Crippen molar-refractivity contribution in [2.75, 3.05) is 17.7 Å². The smallest absolute Gasteiger partial charge is 0.335 e. The largest absolute Gasteiger partial charge is 0.478 e. The minimum atomic E-state index is -0.958. The van der Waals surface area contributed by atoms with Gasteiger partial charge in [0.25, 0.3) is 0 Å². The predicted octanol–water partition coefficient (Wildman–Crippen LogP) is 2.86. The predicted molar refractivity (Wildman–Crippen MR) is 97.5 cm³/mol. The number of carbonyl (C=O) groups is 1. The molecule has 1 unspecified atom stereocenters. The lowest BCUT2D eigenvalue weighted by Crippen LogP contribution is -2.20. The van der Waals surface area contributed by atoms with Gasteiger partial charge in [-0.15, -0.1) is 11.6 Å². The number of carboxylic acids is 1. The molecule has 0 aliphatic rings. The molecule has 0 aliphatic heterocycles. The number of aromatic amines is 1. The lowest BCUT2D eigenvalue weighted by atomic mass is 10.1. The van der Waals surface area contributed by atoms with E-state index in [0.717, 1.165) is 22.6 Å². The van der Waals surface area contributed by atoms with E-state index in [1.807, 2.05) is 24.3 Å². The summed E-state index contributed by atoms with van der Waals surface area (Å²) in [4.78, 5) is 18.7. The van der Waals surface area contributed by atoms with Gasteiger partial charge in [-0.25, -0.2) is 9.78 Å². The second-order valence-corrected chi connectivity index (χ2v) is 6.09. The van der Waals surface area contributed by atoms with Crippen LogP contribution in [0.5, 0.6) is 0 Å². The number of aromatic carboxylic acids is 1. The molecule has 25 heavy (non-hydrogen) atoms. The first-order chi connectivity index (χ1) is 12.0. The first-order valence-corrected chi connectivity index (χ1v) is 8.37. The topological polar surface area (TPSA) is 98.2 Å². The summed E-state index contributed by atoms with van der Waals surface area (Å²) in [5.74, 6) is 0.0111. The van der Waals surface area contributed by atoms with Gasteiger partial charge in [0.05, 0.1) is 28.6 Å². The highest BCUT2D eigenvalue weighted by atomic mass is 35.5. The van der Waals surface area contributed by atoms with E-state index in [1.54, 1.807) is 18.2 Å². The van der Waals surface area contributed by atoms with Crippen molar-refractivity contribution in [1.29, 1.82) is 0 Å². The number of imidazole rings is 1. The van der Waals surface area contributed by atoms with Gasteiger partial charge in [-0.1, -0.05) is 12.1 Å². The molecule has 0 fully saturated rings. The minimum absolute atomic E-state index is 0.195. The molecule has 0 saturated heterocycles. The lowest BCUT2D eigenvalue weighted by Gasteiger charge is -2.10. The molecular weight excluding hydrogens is 342 g/mol. The van der Waals surface area contributed by atoms with Crippen molar-refractivity contribution < 1.29 is 15.0 Å². The summed E-state index contributed by atoms with van der Waals surface area (Å²) in [5, 5.41) is 21.6. The monoisotopic (exact) mass is 359 g/mol. The molecule has 6 nitrogen and oxygen atoms in total. The summed E-state index contributed by atoms with van der Waals surface area (Å²) in [6.45, 7) is 0.401. The van der Waals surface area contributed by atoms with E-state index in [4.69, 9.17) is 16.7 Å². The summed E-state index contributed by atoms with van der Waals surface area (Å²) in [6, 6.07) is 12.7. The van der Waals surface area contributed by atoms with Gasteiger partial charge in [0.1, 0.15) is 5.82 Å². The number of anilines is 1. The Hall–Kier alpha value is -2.57. The van der Waals surface area contributed by atoms with Crippen molar-refractivity contribution in [1.82, 2.24) is 9.97 Å². The van der Waals surface area contributed by atoms with E-state index in [9.17, 15) is 9.90 Å². The molecule has 3 rings (SSSR count). The van der Waals surface area contributed by atoms with Crippen molar-refractivity contribution in [3.8, 4) is 0 Å². The van der Waals surface area contributed by atoms with Gasteiger partial charge in [-0.3, -0.25) is 0 Å². The molecule has 0 saturated carbocycles. The van der Waals surface area contributed by atoms with Crippen LogP contribution in [-0.4, -0.2) is 44.7 Å². The Balaban J connectivity index is 1.69. The zero-order valence-electron chi connectivity index (χ0n) is 13.4. The van der Waals surface area contributed by atoms with Crippen LogP contribution in [0.15, 0.2) is 42.5 Å². The average Bonchev–Trinajstić information content (AvgIpc) is 3.02. The fourth-order valence-corrected chi connectivity index (χ4v) is 2.61. The van der Waals surface area contributed by atoms with Crippen LogP contribution in [0.1, 0.15) is 21.7 Å². The summed E-state index contributed by atoms with van der Waals surface area (Å²) < 4.78 is 0. The fraction of sp³-hybridized carbons (Fsp3) is 0.222. The number of nitrogens with one attached hydrogen (secondary N) is 2. The maximum absolute atomic E-state index is 11.0. The number of aromatic nitrogens is 2. The number of alkyl halides is 1. The van der Waals surface area contributed by atoms with Crippen LogP contribution in [0.25, 0.3) is 11.0 Å². The van der Waals surface area contributed by atoms with E-state index in [1.165, 1.54) is 0 Å². The molecule has 0 aliphatic carbocycles. The van der Waals surface area contributed by atoms with Crippen LogP contribution in [0.2, 0.25) is 0 Å². The number of rotatable bonds is 7. The maximum atomic E-state index is 11.0. The van der Waals surface area contributed by atoms with Crippen LogP contribution in [0, 0.1) is 0 Å². The zero-order valence-corrected chi connectivity index (χ0v) is 14.1. The van der Waals surface area contributed by atoms with Gasteiger partial charge in [-0.2, -0.15) is 0 Å². The molecule has 1 atom stereocenters. The normalized spacial score (nSPS) is 12.2. The molecular formula is C18H18ClN3O3. The molecule has 3 aromatic rings. The highest BCUT2D eigenvalue weighted by Gasteiger charge is 2.08. The van der Waals surface area contributed by atoms with Gasteiger partial charge in [0.2, 0.25) is 0 Å². The first kappa shape index (κ1) is 17.3. The summed E-state index contributed by atoms with van der Waals surface area (Å²) in [5.41, 5.74) is 3.67. The highest BCUT2D eigenvalue weighted by Crippen LogP contribution is 2.17. The SMILES string of the molecule is O=C(O)c1ccc2nc(Cc3ccc(NCC(O)CCl)cc3)[nH]c2c1. The van der Waals surface area contributed by atoms with E-state index in [0.29, 0.717) is 18.5 Å². The number of hydrogen-bond acceptors (Lipinski definition) is 4. The van der Waals surface area contributed by atoms with Gasteiger partial charge >= 0.3 is 5.97 Å². The summed E-state index contributed by atoms with van der Waals surface area (Å²) in [7, 11) is 0. The molecule has 1 aromatic heterocycles. The van der Waals surface area contributed by atoms with Crippen LogP contribution in [0.3, 0.4) is 0 Å². The zero-order chi connectivity index (χ0) is 17.8. The number of nitrogens with zero attached hydrogens (tertiary/aromatic N) is 1. The fourth-order valence-electron chi connectivity index (χ4n) is 2.50. The second-order valence-electron chi connectivity index (χ2n) is 5.78. The Bertz CT molecular complexity index is 877. The Morgan fingerprint density at radius 3 is 2.68 bits per heavy atom. The first-order valence-electron chi connectivity index (χ1n) is 7.84. The van der Waals surface area contributed by atoms with E-state index >= 15 is 0 Å². The molecule has 0 amide bonds. The van der Waals surface area contributed by atoms with Gasteiger partial charge in [-0.05, 0) is 35.9 Å². The molecule has 0 bridgehead atoms. The van der Waals surface area contributed by atoms with Crippen LogP contribution < -0.4 is 5.32 Å². The Kier molecular flexibility index (Phi) is 5.21. The Morgan fingerprint density at radius 1 is 1.24 bits per heavy atom. The molecule has 0 spiro atoms. The highest BCUT2D eigenvalue weighted by molar-refractivity contribution is 6.18. The van der Waals surface area contributed by atoms with E-state index in [2.05, 4.69) is 15.3 Å². The van der Waals surface area contributed by atoms with Crippen LogP contribution >= 0.6 is 11.6 Å². The number of halogens is 1. The molecule has 7 heteroatoms. The number of fused-ring (bicyclic) bond motifs is 1. The number of aliphatic hydroxyl groups is 1. The minimum Gasteiger partial charge on any atom is -0.478 e. The number of benzene rings is 2. The van der Waals surface area contributed by atoms with Gasteiger partial charge in [0, 0.05) is 18.7 Å². The third-order valence-electron chi connectivity index (χ3n) is 3.82. The lowest BCUT2D eigenvalue weighted by molar-refractivity contribution is 0.0697. The van der Waals surface area contributed by atoms with Crippen molar-refractivity contribution in [2.45, 2.75) is 12.5 Å². The van der Waals surface area contributed by atoms with Crippen molar-refractivity contribution in [3.05, 3.63) is 59.4 Å². The Morgan fingerprint density at radius 2 is 2.00 bits per heavy atom. The van der Waals surface area contributed by atoms with Crippen molar-refractivity contribution >= 4 is 34.3 Å². The van der Waals surface area contributed by atoms with Crippen LogP contribution in [0.4, 0.5) is 5.69 Å². The van der Waals surface area contributed by atoms with E-state index < -0.39 is 12.1 Å². The third-order valence-corrected chi connectivity index (χ3v) is 4.18. The third kappa shape index (κ3) is 4.29. The number of hydrogen-bond donors (Lipinski definition) is 4. The molecule has 1 heterocycles. The molecule has 130 valence electrons. The van der Waals surface area contributed by atoms with Gasteiger partial charge < -0.3 is 20.5 Å². The van der Waals surface area contributed by atoms with Gasteiger partial charge in [0.15, 0.2) is 0 Å². The quantitative estimate of drug-likeness (QED) is 0.486. The van der Waals surface area contributed by atoms with Crippen LogP contribution in [-0.2, 0) is 6.42 Å². The number of carboxylic acid groups (broad SMARTS) is 1. The average molecular weight is 360 g/mol. The second kappa shape index (κ2) is 7.55. The van der Waals surface area contributed by atoms with Crippen molar-refractivity contribution in [3.63, 3.8) is 0 Å². The summed E-state index contributed by atoms with van der Waals surface area (Å²) in [6.07, 6.45) is 0.0365. The van der Waals surface area contributed by atoms with Crippen molar-refractivity contribution in [2.24, 2.45) is 0 Å². The Labute approximate surface area is 149 Å².